The molecule has 5 rings (SSSR count). The lowest BCUT2D eigenvalue weighted by molar-refractivity contribution is -0.384. The van der Waals surface area contributed by atoms with Crippen molar-refractivity contribution in [3.8, 4) is 0 Å². The van der Waals surface area contributed by atoms with E-state index in [4.69, 9.17) is 0 Å². The quantitative estimate of drug-likeness (QED) is 0.130. The molecule has 0 unspecified atom stereocenters. The van der Waals surface area contributed by atoms with Crippen LogP contribution in [-0.4, -0.2) is 69.7 Å². The van der Waals surface area contributed by atoms with Gasteiger partial charge in [-0.15, -0.1) is 11.8 Å². The van der Waals surface area contributed by atoms with Crippen LogP contribution >= 0.6 is 11.8 Å². The van der Waals surface area contributed by atoms with E-state index in [1.54, 1.807) is 23.9 Å². The Balaban J connectivity index is 1.26. The lowest BCUT2D eigenvalue weighted by Gasteiger charge is -2.24. The first kappa shape index (κ1) is 32.8. The molecule has 1 saturated carbocycles. The van der Waals surface area contributed by atoms with Crippen molar-refractivity contribution in [2.45, 2.75) is 54.4 Å². The molecule has 1 heterocycles. The average molecular weight is 652 g/mol. The fourth-order valence-corrected chi connectivity index (χ4v) is 8.24. The maximum atomic E-state index is 13.2. The van der Waals surface area contributed by atoms with Crippen molar-refractivity contribution in [2.75, 3.05) is 49.7 Å². The molecule has 1 atom stereocenters. The summed E-state index contributed by atoms with van der Waals surface area (Å²) in [4.78, 5) is 29.5. The highest BCUT2D eigenvalue weighted by atomic mass is 32.2. The molecule has 1 aliphatic carbocycles. The number of carbonyl (C=O) groups is 1. The van der Waals surface area contributed by atoms with E-state index in [1.165, 1.54) is 44.2 Å². The highest BCUT2D eigenvalue weighted by molar-refractivity contribution is 7.99. The summed E-state index contributed by atoms with van der Waals surface area (Å²) in [6.45, 7) is 2.75. The summed E-state index contributed by atoms with van der Waals surface area (Å²) in [5.74, 6) is -0.135. The molecule has 0 bridgehead atoms. The Morgan fingerprint density at radius 3 is 2.42 bits per heavy atom. The number of nitrogens with zero attached hydrogens (tertiary/aromatic N) is 3. The van der Waals surface area contributed by atoms with Crippen molar-refractivity contribution >= 4 is 44.8 Å². The van der Waals surface area contributed by atoms with Gasteiger partial charge in [0.2, 0.25) is 0 Å². The lowest BCUT2D eigenvalue weighted by Crippen LogP contribution is -2.31. The number of anilines is 2. The summed E-state index contributed by atoms with van der Waals surface area (Å²) in [7, 11) is -0.445. The van der Waals surface area contributed by atoms with Gasteiger partial charge in [0.1, 0.15) is 5.69 Å². The lowest BCUT2D eigenvalue weighted by atomic mass is 9.86. The van der Waals surface area contributed by atoms with Gasteiger partial charge in [0.25, 0.3) is 21.6 Å². The predicted octanol–water partition coefficient (Wildman–Crippen LogP) is 6.01. The van der Waals surface area contributed by atoms with Crippen LogP contribution in [-0.2, 0) is 10.0 Å². The van der Waals surface area contributed by atoms with Crippen LogP contribution in [0.3, 0.4) is 0 Å². The van der Waals surface area contributed by atoms with Gasteiger partial charge >= 0.3 is 0 Å². The predicted molar refractivity (Wildman–Crippen MR) is 180 cm³/mol. The van der Waals surface area contributed by atoms with Gasteiger partial charge in [0, 0.05) is 47.1 Å². The fraction of sp³-hybridized carbons (Fsp3) is 0.424. The molecule has 1 spiro atoms. The van der Waals surface area contributed by atoms with Crippen LogP contribution in [0.15, 0.2) is 82.6 Å². The van der Waals surface area contributed by atoms with E-state index in [-0.39, 0.29) is 27.9 Å². The zero-order valence-corrected chi connectivity index (χ0v) is 27.4. The number of sulfonamides is 1. The maximum absolute atomic E-state index is 13.2. The van der Waals surface area contributed by atoms with Crippen molar-refractivity contribution in [3.05, 3.63) is 88.5 Å². The Labute approximate surface area is 269 Å². The third kappa shape index (κ3) is 8.36. The summed E-state index contributed by atoms with van der Waals surface area (Å²) in [5, 5.41) is 15.3. The van der Waals surface area contributed by atoms with Gasteiger partial charge < -0.3 is 15.1 Å². The van der Waals surface area contributed by atoms with Gasteiger partial charge in [0.15, 0.2) is 0 Å². The Bertz CT molecular complexity index is 1590. The number of nitro groups is 1. The smallest absolute Gasteiger partial charge is 0.293 e. The summed E-state index contributed by atoms with van der Waals surface area (Å²) >= 11 is 1.64. The topological polar surface area (TPSA) is 125 Å². The van der Waals surface area contributed by atoms with Gasteiger partial charge in [-0.1, -0.05) is 31.0 Å². The molecule has 2 aliphatic rings. The fourth-order valence-electron chi connectivity index (χ4n) is 6.25. The SMILES string of the molecule is CN(C)CC[C@H](CSc1ccccc1)Nc1ccc(S(=O)(=O)NC(=O)c2ccc(N3CCC4(CCCC4)C3)cc2)cc1[N+](=O)[O-]. The van der Waals surface area contributed by atoms with E-state index in [9.17, 15) is 23.3 Å². The minimum Gasteiger partial charge on any atom is -0.376 e. The molecule has 10 nitrogen and oxygen atoms in total. The molecule has 1 aliphatic heterocycles. The average Bonchev–Trinajstić information content (AvgIpc) is 3.68. The monoisotopic (exact) mass is 651 g/mol. The van der Waals surface area contributed by atoms with E-state index in [2.05, 4.69) is 14.9 Å². The number of thioether (sulfide) groups is 1. The molecule has 2 N–H and O–H groups in total. The number of hydrogen-bond donors (Lipinski definition) is 2. The minimum atomic E-state index is -4.37. The molecule has 1 saturated heterocycles. The van der Waals surface area contributed by atoms with Crippen molar-refractivity contribution in [1.29, 1.82) is 0 Å². The molecule has 12 heteroatoms. The first-order chi connectivity index (χ1) is 21.5. The molecule has 3 aromatic rings. The highest BCUT2D eigenvalue weighted by Crippen LogP contribution is 2.46. The van der Waals surface area contributed by atoms with Crippen molar-refractivity contribution < 1.29 is 18.1 Å². The third-order valence-electron chi connectivity index (χ3n) is 8.78. The standard InChI is InChI=1S/C33H41N5O5S2/c1-36(2)20-16-26(23-44-28-8-4-3-5-9-28)34-30-15-14-29(22-31(30)38(40)41)45(42,43)35-32(39)25-10-12-27(13-11-25)37-21-19-33(24-37)17-6-7-18-33/h3-5,8-15,22,26,34H,6-7,16-21,23-24H2,1-2H3,(H,35,39)/t26-/m1/s1. The van der Waals surface area contributed by atoms with Gasteiger partial charge in [-0.3, -0.25) is 14.9 Å². The number of rotatable bonds is 13. The van der Waals surface area contributed by atoms with Crippen LogP contribution in [0.1, 0.15) is 48.9 Å². The second kappa shape index (κ2) is 14.2. The zero-order valence-electron chi connectivity index (χ0n) is 25.8. The largest absolute Gasteiger partial charge is 0.376 e. The van der Waals surface area contributed by atoms with E-state index < -0.39 is 20.9 Å². The highest BCUT2D eigenvalue weighted by Gasteiger charge is 2.40. The number of hydrogen-bond acceptors (Lipinski definition) is 9. The van der Waals surface area contributed by atoms with Crippen LogP contribution in [0.4, 0.5) is 17.1 Å². The molecule has 2 fully saturated rings. The maximum Gasteiger partial charge on any atom is 0.293 e. The molecule has 240 valence electrons. The van der Waals surface area contributed by atoms with Gasteiger partial charge in [-0.25, -0.2) is 13.1 Å². The number of carbonyl (C=O) groups excluding carboxylic acids is 1. The molecule has 0 radical (unpaired) electrons. The summed E-state index contributed by atoms with van der Waals surface area (Å²) in [6, 6.07) is 20.4. The second-order valence-electron chi connectivity index (χ2n) is 12.4. The first-order valence-electron chi connectivity index (χ1n) is 15.3. The summed E-state index contributed by atoms with van der Waals surface area (Å²) in [5.41, 5.74) is 1.47. The van der Waals surface area contributed by atoms with Crippen molar-refractivity contribution in [3.63, 3.8) is 0 Å². The van der Waals surface area contributed by atoms with Crippen LogP contribution in [0.25, 0.3) is 0 Å². The molecule has 3 aromatic carbocycles. The van der Waals surface area contributed by atoms with Crippen LogP contribution < -0.4 is 14.9 Å². The van der Waals surface area contributed by atoms with E-state index >= 15 is 0 Å². The van der Waals surface area contributed by atoms with Gasteiger partial charge in [0.05, 0.1) is 9.82 Å². The third-order valence-corrected chi connectivity index (χ3v) is 11.3. The zero-order chi connectivity index (χ0) is 32.0. The first-order valence-corrected chi connectivity index (χ1v) is 17.8. The summed E-state index contributed by atoms with van der Waals surface area (Å²) in [6.07, 6.45) is 7.00. The molecular weight excluding hydrogens is 611 g/mol. The second-order valence-corrected chi connectivity index (χ2v) is 15.1. The molecule has 1 amide bonds. The number of amides is 1. The molecular formula is C33H41N5O5S2. The number of nitro benzene ring substituents is 1. The van der Waals surface area contributed by atoms with Crippen LogP contribution in [0.2, 0.25) is 0 Å². The number of nitrogens with one attached hydrogen (secondary N) is 2. The van der Waals surface area contributed by atoms with Crippen LogP contribution in [0.5, 0.6) is 0 Å². The van der Waals surface area contributed by atoms with Crippen LogP contribution in [0, 0.1) is 15.5 Å². The normalized spacial score (nSPS) is 16.6. The van der Waals surface area contributed by atoms with E-state index in [0.717, 1.165) is 42.7 Å². The Morgan fingerprint density at radius 2 is 1.76 bits per heavy atom. The van der Waals surface area contributed by atoms with Crippen molar-refractivity contribution in [2.24, 2.45) is 5.41 Å². The Morgan fingerprint density at radius 1 is 1.04 bits per heavy atom. The van der Waals surface area contributed by atoms with Crippen molar-refractivity contribution in [1.82, 2.24) is 9.62 Å². The molecule has 45 heavy (non-hydrogen) atoms. The van der Waals surface area contributed by atoms with E-state index in [0.29, 0.717) is 11.2 Å². The minimum absolute atomic E-state index is 0.120. The van der Waals surface area contributed by atoms with E-state index in [1.807, 2.05) is 61.5 Å². The Hall–Kier alpha value is -3.61. The van der Waals surface area contributed by atoms with Gasteiger partial charge in [-0.05, 0) is 100 Å². The molecule has 0 aromatic heterocycles. The Kier molecular flexibility index (Phi) is 10.4. The van der Waals surface area contributed by atoms with Gasteiger partial charge in [-0.2, -0.15) is 0 Å². The summed E-state index contributed by atoms with van der Waals surface area (Å²) < 4.78 is 28.5. The number of benzene rings is 3.